The summed E-state index contributed by atoms with van der Waals surface area (Å²) in [6.07, 6.45) is 4.76. The second-order valence-electron chi connectivity index (χ2n) is 3.73. The van der Waals surface area contributed by atoms with Gasteiger partial charge < -0.3 is 4.57 Å². The first-order valence-electron chi connectivity index (χ1n) is 5.34. The maximum atomic E-state index is 5.17. The molecule has 0 aliphatic rings. The second kappa shape index (κ2) is 4.61. The number of hydrogen-bond donors (Lipinski definition) is 1. The third kappa shape index (κ3) is 2.21. The molecular weight excluding hydrogens is 222 g/mol. The maximum Gasteiger partial charge on any atom is 0.195 e. The van der Waals surface area contributed by atoms with E-state index in [1.807, 2.05) is 28.6 Å². The van der Waals surface area contributed by atoms with Gasteiger partial charge in [-0.25, -0.2) is 0 Å². The summed E-state index contributed by atoms with van der Waals surface area (Å²) < 4.78 is 4.62. The highest BCUT2D eigenvalue weighted by Gasteiger charge is 2.03. The fourth-order valence-corrected chi connectivity index (χ4v) is 1.88. The highest BCUT2D eigenvalue weighted by Crippen LogP contribution is 2.01. The monoisotopic (exact) mass is 237 g/mol. The molecule has 6 heteroatoms. The molecule has 16 heavy (non-hydrogen) atoms. The predicted octanol–water partition coefficient (Wildman–Crippen LogP) is 1.71. The van der Waals surface area contributed by atoms with E-state index < -0.39 is 0 Å². The lowest BCUT2D eigenvalue weighted by atomic mass is 10.4. The molecule has 0 aliphatic heterocycles. The van der Waals surface area contributed by atoms with Crippen LogP contribution >= 0.6 is 12.2 Å². The van der Waals surface area contributed by atoms with Crippen LogP contribution in [0.4, 0.5) is 0 Å². The van der Waals surface area contributed by atoms with Gasteiger partial charge in [-0.2, -0.15) is 10.2 Å². The summed E-state index contributed by atoms with van der Waals surface area (Å²) in [5.74, 6) is 0.994. The molecule has 1 N–H and O–H groups in total. The Kier molecular flexibility index (Phi) is 3.19. The van der Waals surface area contributed by atoms with Crippen LogP contribution in [0.5, 0.6) is 0 Å². The van der Waals surface area contributed by atoms with Crippen molar-refractivity contribution in [1.29, 1.82) is 0 Å². The Hall–Kier alpha value is -1.43. The summed E-state index contributed by atoms with van der Waals surface area (Å²) >= 11 is 5.17. The zero-order valence-corrected chi connectivity index (χ0v) is 10.3. The van der Waals surface area contributed by atoms with Crippen LogP contribution in [0.15, 0.2) is 12.4 Å². The number of aromatic amines is 1. The minimum absolute atomic E-state index is 0.681. The Morgan fingerprint density at radius 2 is 2.25 bits per heavy atom. The molecule has 2 aromatic rings. The van der Waals surface area contributed by atoms with Gasteiger partial charge in [0.1, 0.15) is 5.82 Å². The Labute approximate surface area is 99.1 Å². The first-order chi connectivity index (χ1) is 7.70. The number of nitrogens with one attached hydrogen (secondary N) is 1. The van der Waals surface area contributed by atoms with E-state index in [1.165, 1.54) is 5.56 Å². The van der Waals surface area contributed by atoms with Crippen LogP contribution in [0, 0.1) is 11.7 Å². The standard InChI is InChI=1S/C10H15N5S/c1-3-9-12-13-10(16)15(9)5-4-14-7-8(2)6-11-14/h6-7H,3-5H2,1-2H3,(H,13,16). The smallest absolute Gasteiger partial charge is 0.195 e. The highest BCUT2D eigenvalue weighted by atomic mass is 32.1. The summed E-state index contributed by atoms with van der Waals surface area (Å²) in [6, 6.07) is 0. The Morgan fingerprint density at radius 3 is 2.88 bits per heavy atom. The van der Waals surface area contributed by atoms with Crippen LogP contribution in [-0.2, 0) is 19.5 Å². The van der Waals surface area contributed by atoms with Crippen LogP contribution in [0.25, 0.3) is 0 Å². The third-order valence-electron chi connectivity index (χ3n) is 2.47. The Morgan fingerprint density at radius 1 is 1.44 bits per heavy atom. The first kappa shape index (κ1) is 11.1. The summed E-state index contributed by atoms with van der Waals surface area (Å²) in [5.41, 5.74) is 1.17. The van der Waals surface area contributed by atoms with Crippen molar-refractivity contribution in [2.24, 2.45) is 0 Å². The molecule has 0 saturated carbocycles. The number of aromatic nitrogens is 5. The largest absolute Gasteiger partial charge is 0.302 e. The van der Waals surface area contributed by atoms with Gasteiger partial charge in [-0.3, -0.25) is 9.78 Å². The van der Waals surface area contributed by atoms with Gasteiger partial charge in [0.25, 0.3) is 0 Å². The quantitative estimate of drug-likeness (QED) is 0.824. The van der Waals surface area contributed by atoms with Crippen LogP contribution < -0.4 is 0 Å². The zero-order valence-electron chi connectivity index (χ0n) is 9.47. The SMILES string of the molecule is CCc1n[nH]c(=S)n1CCn1cc(C)cn1. The maximum absolute atomic E-state index is 5.17. The van der Waals surface area contributed by atoms with E-state index in [9.17, 15) is 0 Å². The second-order valence-corrected chi connectivity index (χ2v) is 4.12. The fourth-order valence-electron chi connectivity index (χ4n) is 1.64. The molecule has 0 radical (unpaired) electrons. The van der Waals surface area contributed by atoms with E-state index in [-0.39, 0.29) is 0 Å². The molecule has 5 nitrogen and oxygen atoms in total. The van der Waals surface area contributed by atoms with Gasteiger partial charge in [0.2, 0.25) is 0 Å². The molecule has 0 spiro atoms. The van der Waals surface area contributed by atoms with Crippen LogP contribution in [-0.4, -0.2) is 24.5 Å². The lowest BCUT2D eigenvalue weighted by Gasteiger charge is -2.05. The zero-order chi connectivity index (χ0) is 11.5. The third-order valence-corrected chi connectivity index (χ3v) is 2.78. The van der Waals surface area contributed by atoms with E-state index in [0.717, 1.165) is 25.3 Å². The molecule has 2 heterocycles. The van der Waals surface area contributed by atoms with E-state index >= 15 is 0 Å². The summed E-state index contributed by atoms with van der Waals surface area (Å²) in [6.45, 7) is 5.72. The van der Waals surface area contributed by atoms with E-state index in [0.29, 0.717) is 4.77 Å². The van der Waals surface area contributed by atoms with Gasteiger partial charge in [-0.15, -0.1) is 0 Å². The van der Waals surface area contributed by atoms with Crippen LogP contribution in [0.3, 0.4) is 0 Å². The van der Waals surface area contributed by atoms with E-state index in [1.54, 1.807) is 0 Å². The van der Waals surface area contributed by atoms with Gasteiger partial charge in [0.05, 0.1) is 12.7 Å². The van der Waals surface area contributed by atoms with Crippen molar-refractivity contribution in [2.45, 2.75) is 33.4 Å². The molecule has 0 unspecified atom stereocenters. The van der Waals surface area contributed by atoms with Crippen LogP contribution in [0.2, 0.25) is 0 Å². The van der Waals surface area contributed by atoms with Gasteiger partial charge >= 0.3 is 0 Å². The summed E-state index contributed by atoms with van der Waals surface area (Å²) in [5, 5.41) is 11.2. The molecule has 86 valence electrons. The van der Waals surface area contributed by atoms with Crippen molar-refractivity contribution >= 4 is 12.2 Å². The van der Waals surface area contributed by atoms with Crippen molar-refractivity contribution in [2.75, 3.05) is 0 Å². The molecule has 0 amide bonds. The number of H-pyrrole nitrogens is 1. The number of rotatable bonds is 4. The molecule has 0 saturated heterocycles. The van der Waals surface area contributed by atoms with Crippen LogP contribution in [0.1, 0.15) is 18.3 Å². The van der Waals surface area contributed by atoms with Crippen molar-refractivity contribution in [3.63, 3.8) is 0 Å². The van der Waals surface area contributed by atoms with Gasteiger partial charge in [-0.1, -0.05) is 6.92 Å². The molecule has 0 bridgehead atoms. The fraction of sp³-hybridized carbons (Fsp3) is 0.500. The lowest BCUT2D eigenvalue weighted by molar-refractivity contribution is 0.517. The van der Waals surface area contributed by atoms with Crippen molar-refractivity contribution in [1.82, 2.24) is 24.5 Å². The summed E-state index contributed by atoms with van der Waals surface area (Å²) in [7, 11) is 0. The molecular formula is C10H15N5S. The highest BCUT2D eigenvalue weighted by molar-refractivity contribution is 7.71. The summed E-state index contributed by atoms with van der Waals surface area (Å²) in [4.78, 5) is 0. The van der Waals surface area contributed by atoms with Gasteiger partial charge in [0.15, 0.2) is 4.77 Å². The van der Waals surface area contributed by atoms with Crippen molar-refractivity contribution in [3.8, 4) is 0 Å². The van der Waals surface area contributed by atoms with E-state index in [2.05, 4.69) is 22.2 Å². The first-order valence-corrected chi connectivity index (χ1v) is 5.74. The van der Waals surface area contributed by atoms with Crippen molar-refractivity contribution in [3.05, 3.63) is 28.6 Å². The number of aryl methyl sites for hydroxylation is 3. The number of nitrogens with zero attached hydrogens (tertiary/aromatic N) is 4. The predicted molar refractivity (Wildman–Crippen MR) is 63.8 cm³/mol. The van der Waals surface area contributed by atoms with Gasteiger partial charge in [-0.05, 0) is 24.7 Å². The minimum atomic E-state index is 0.681. The Balaban J connectivity index is 2.09. The molecule has 0 fully saturated rings. The lowest BCUT2D eigenvalue weighted by Crippen LogP contribution is -2.10. The van der Waals surface area contributed by atoms with Gasteiger partial charge in [0, 0.05) is 19.2 Å². The van der Waals surface area contributed by atoms with E-state index in [4.69, 9.17) is 12.2 Å². The normalized spacial score (nSPS) is 10.9. The number of hydrogen-bond acceptors (Lipinski definition) is 3. The molecule has 0 aromatic carbocycles. The minimum Gasteiger partial charge on any atom is -0.302 e. The molecule has 0 aliphatic carbocycles. The molecule has 2 rings (SSSR count). The molecule has 2 aromatic heterocycles. The topological polar surface area (TPSA) is 51.4 Å². The average molecular weight is 237 g/mol. The van der Waals surface area contributed by atoms with Crippen molar-refractivity contribution < 1.29 is 0 Å². The Bertz CT molecular complexity index is 521. The average Bonchev–Trinajstić information content (AvgIpc) is 2.82. The molecule has 0 atom stereocenters.